The molecule has 2 unspecified atom stereocenters. The number of rotatable bonds is 6. The second-order valence-electron chi connectivity index (χ2n) is 4.95. The Hall–Kier alpha value is -1.27. The lowest BCUT2D eigenvalue weighted by Crippen LogP contribution is -2.22. The number of carbonyl (C=O) groups is 1. The summed E-state index contributed by atoms with van der Waals surface area (Å²) in [6.45, 7) is 2.06. The van der Waals surface area contributed by atoms with E-state index in [2.05, 4.69) is 22.0 Å². The largest absolute Gasteiger partial charge is 0.490 e. The van der Waals surface area contributed by atoms with Gasteiger partial charge < -0.3 is 15.2 Å². The quantitative estimate of drug-likeness (QED) is 0.235. The van der Waals surface area contributed by atoms with Crippen LogP contribution in [-0.2, 0) is 4.74 Å². The summed E-state index contributed by atoms with van der Waals surface area (Å²) >= 11 is 2.21. The van der Waals surface area contributed by atoms with Gasteiger partial charge in [0.2, 0.25) is 0 Å². The van der Waals surface area contributed by atoms with Crippen molar-refractivity contribution in [3.05, 3.63) is 54.1 Å². The number of nitrogens with two attached hydrogens (primary N) is 1. The molecular weight excluding hydrogens is 435 g/mol. The third kappa shape index (κ3) is 6.32. The number of hydrogen-bond donors (Lipinski definition) is 1. The van der Waals surface area contributed by atoms with Gasteiger partial charge >= 0.3 is 5.97 Å². The van der Waals surface area contributed by atoms with Crippen LogP contribution in [0.15, 0.2) is 48.5 Å². The molecule has 7 heteroatoms. The molecule has 0 aliphatic rings. The van der Waals surface area contributed by atoms with Crippen molar-refractivity contribution >= 4 is 52.0 Å². The van der Waals surface area contributed by atoms with Crippen LogP contribution in [0.4, 0.5) is 5.69 Å². The molecule has 2 rings (SSSR count). The fourth-order valence-corrected chi connectivity index (χ4v) is 3.20. The molecule has 0 aliphatic heterocycles. The lowest BCUT2D eigenvalue weighted by Gasteiger charge is -2.15. The molecule has 126 valence electrons. The van der Waals surface area contributed by atoms with Crippen LogP contribution in [0.5, 0.6) is 5.75 Å². The van der Waals surface area contributed by atoms with Crippen molar-refractivity contribution in [2.45, 2.75) is 20.5 Å². The number of nitrogen functional groups attached to an aromatic ring is 1. The molecule has 2 atom stereocenters. The van der Waals surface area contributed by atoms with Crippen molar-refractivity contribution in [3.8, 4) is 5.75 Å². The van der Waals surface area contributed by atoms with Gasteiger partial charge in [0.25, 0.3) is 0 Å². The van der Waals surface area contributed by atoms with Crippen LogP contribution in [0.25, 0.3) is 0 Å². The highest BCUT2D eigenvalue weighted by atomic mass is 127. The lowest BCUT2D eigenvalue weighted by atomic mass is 10.2. The number of carbonyl (C=O) groups excluding carboxylic acids is 1. The third-order valence-corrected chi connectivity index (χ3v) is 5.49. The summed E-state index contributed by atoms with van der Waals surface area (Å²) in [5, 5.41) is 1.09. The van der Waals surface area contributed by atoms with Gasteiger partial charge in [0.15, 0.2) is 0 Å². The molecule has 0 amide bonds. The maximum Gasteiger partial charge on any atom is 0.338 e. The van der Waals surface area contributed by atoms with Gasteiger partial charge in [-0.25, -0.2) is 4.79 Å². The Kier molecular flexibility index (Phi) is 8.56. The number of esters is 1. The highest BCUT2D eigenvalue weighted by molar-refractivity contribution is 14.2. The van der Waals surface area contributed by atoms with Crippen LogP contribution in [0.3, 0.4) is 0 Å². The van der Waals surface area contributed by atoms with E-state index in [0.717, 1.165) is 11.1 Å². The van der Waals surface area contributed by atoms with Crippen LogP contribution in [0, 0.1) is 0 Å². The minimum Gasteiger partial charge on any atom is -0.490 e. The van der Waals surface area contributed by atoms with E-state index in [1.54, 1.807) is 31.2 Å². The van der Waals surface area contributed by atoms with Crippen molar-refractivity contribution in [1.29, 1.82) is 0 Å². The maximum absolute atomic E-state index is 12.0. The van der Waals surface area contributed by atoms with Crippen LogP contribution < -0.4 is 15.8 Å². The molecule has 0 aliphatic carbocycles. The fourth-order valence-electron chi connectivity index (χ4n) is 1.80. The molecule has 0 bridgehead atoms. The first kappa shape index (κ1) is 20.8. The molecule has 0 spiro atoms. The first-order valence-corrected chi connectivity index (χ1v) is 11.2. The number of ether oxygens (including phenoxy) is 2. The van der Waals surface area contributed by atoms with Crippen LogP contribution in [0.1, 0.15) is 24.7 Å². The van der Waals surface area contributed by atoms with Crippen LogP contribution >= 0.6 is 27.5 Å². The topological polar surface area (TPSA) is 61.5 Å². The maximum atomic E-state index is 12.0. The molecule has 0 saturated carbocycles. The van der Waals surface area contributed by atoms with E-state index in [-0.39, 0.29) is 20.1 Å². The summed E-state index contributed by atoms with van der Waals surface area (Å²) in [5.41, 5.74) is 6.03. The Balaban J connectivity index is 0.00000288. The molecule has 0 fully saturated rings. The lowest BCUT2D eigenvalue weighted by molar-refractivity contribution is 0.0228. The van der Waals surface area contributed by atoms with Crippen molar-refractivity contribution in [3.63, 3.8) is 0 Å². The highest BCUT2D eigenvalue weighted by Gasteiger charge is 2.12. The summed E-state index contributed by atoms with van der Waals surface area (Å²) < 4.78 is 11.0. The molecule has 24 heavy (non-hydrogen) atoms. The zero-order valence-corrected chi connectivity index (χ0v) is 15.7. The van der Waals surface area contributed by atoms with E-state index in [1.165, 1.54) is 0 Å². The van der Waals surface area contributed by atoms with Crippen molar-refractivity contribution < 1.29 is 14.3 Å². The Morgan fingerprint density at radius 1 is 1.21 bits per heavy atom. The van der Waals surface area contributed by atoms with Gasteiger partial charge in [-0.3, -0.25) is 0 Å². The predicted molar refractivity (Wildman–Crippen MR) is 111 cm³/mol. The Labute approximate surface area is 158 Å². The van der Waals surface area contributed by atoms with Gasteiger partial charge in [0, 0.05) is 5.69 Å². The van der Waals surface area contributed by atoms with E-state index < -0.39 is 11.4 Å². The Bertz CT molecular complexity index is 650. The molecule has 0 saturated heterocycles. The van der Waals surface area contributed by atoms with E-state index in [4.69, 9.17) is 22.8 Å². The minimum atomic E-state index is -0.633. The fraction of sp³-hybridized carbons (Fsp3) is 0.235. The molecule has 4 nitrogen and oxygen atoms in total. The number of benzene rings is 2. The molecule has 2 aromatic carbocycles. The van der Waals surface area contributed by atoms with E-state index in [1.807, 2.05) is 24.3 Å². The van der Waals surface area contributed by atoms with E-state index in [0.29, 0.717) is 11.3 Å². The normalized spacial score (nSPS) is 12.6. The first-order chi connectivity index (χ1) is 11.0. The van der Waals surface area contributed by atoms with E-state index >= 15 is 0 Å². The van der Waals surface area contributed by atoms with Crippen molar-refractivity contribution in [2.75, 3.05) is 12.3 Å². The minimum absolute atomic E-state index is 0. The Morgan fingerprint density at radius 3 is 2.33 bits per heavy atom. The number of anilines is 1. The van der Waals surface area contributed by atoms with Crippen molar-refractivity contribution in [2.24, 2.45) is 0 Å². The molecule has 2 N–H and O–H groups in total. The SMILES string of the molecule is C.[B]P(I)c1ccc(OCC(C)OC(=O)c2ccc(N)cc2)cc1. The predicted octanol–water partition coefficient (Wildman–Crippen LogP) is 4.07. The second-order valence-corrected chi connectivity index (χ2v) is 9.21. The van der Waals surface area contributed by atoms with Gasteiger partial charge in [-0.2, -0.15) is 0 Å². The van der Waals surface area contributed by atoms with Crippen molar-refractivity contribution in [1.82, 2.24) is 0 Å². The zero-order chi connectivity index (χ0) is 16.8. The van der Waals surface area contributed by atoms with E-state index in [9.17, 15) is 4.79 Å². The molecule has 2 aromatic rings. The smallest absolute Gasteiger partial charge is 0.338 e. The summed E-state index contributed by atoms with van der Waals surface area (Å²) in [7, 11) is 5.85. The van der Waals surface area contributed by atoms with Crippen LogP contribution in [0.2, 0.25) is 0 Å². The summed E-state index contributed by atoms with van der Waals surface area (Å²) in [4.78, 5) is 12.0. The summed E-state index contributed by atoms with van der Waals surface area (Å²) in [5.74, 6) is 0.326. The number of halogens is 1. The summed E-state index contributed by atoms with van der Waals surface area (Å²) in [6, 6.07) is 14.2. The second kappa shape index (κ2) is 9.89. The summed E-state index contributed by atoms with van der Waals surface area (Å²) in [6.07, 6.45) is -0.365. The number of hydrogen-bond acceptors (Lipinski definition) is 4. The molecule has 2 radical (unpaired) electrons. The standard InChI is InChI=1S/C16H16BINO3P.CH4/c1-11(22-16(20)12-2-4-13(19)5-3-12)10-21-14-6-8-15(9-7-14)23(17)18;/h2-9,11H,10,19H2,1H3;1H4. The Morgan fingerprint density at radius 2 is 1.79 bits per heavy atom. The monoisotopic (exact) mass is 455 g/mol. The molecule has 0 heterocycles. The van der Waals surface area contributed by atoms with Gasteiger partial charge in [-0.15, -0.1) is 0 Å². The van der Waals surface area contributed by atoms with Gasteiger partial charge in [0.1, 0.15) is 26.0 Å². The van der Waals surface area contributed by atoms with Gasteiger partial charge in [0.05, 0.1) is 5.56 Å². The van der Waals surface area contributed by atoms with Gasteiger partial charge in [-0.1, -0.05) is 47.0 Å². The van der Waals surface area contributed by atoms with Crippen LogP contribution in [-0.4, -0.2) is 26.2 Å². The first-order valence-electron chi connectivity index (χ1n) is 6.95. The third-order valence-electron chi connectivity index (χ3n) is 3.02. The average molecular weight is 455 g/mol. The molecule has 0 aromatic heterocycles. The zero-order valence-electron chi connectivity index (χ0n) is 12.6. The molecular formula is C17H20BINO3P. The average Bonchev–Trinajstić information content (AvgIpc) is 2.54. The van der Waals surface area contributed by atoms with Gasteiger partial charge in [-0.05, 0) is 48.6 Å². The highest BCUT2D eigenvalue weighted by Crippen LogP contribution is 2.37.